The van der Waals surface area contributed by atoms with Gasteiger partial charge in [-0.3, -0.25) is 9.59 Å². The first-order valence-corrected chi connectivity index (χ1v) is 11.7. The molecule has 2 amide bonds. The number of hydrogen-bond donors (Lipinski definition) is 2. The Bertz CT molecular complexity index is 1620. The predicted molar refractivity (Wildman–Crippen MR) is 137 cm³/mol. The topological polar surface area (TPSA) is 108 Å². The van der Waals surface area contributed by atoms with Crippen LogP contribution in [0.5, 0.6) is 0 Å². The fourth-order valence-corrected chi connectivity index (χ4v) is 4.81. The van der Waals surface area contributed by atoms with Crippen molar-refractivity contribution in [2.24, 2.45) is 0 Å². The first kappa shape index (κ1) is 21.7. The van der Waals surface area contributed by atoms with Gasteiger partial charge in [0.25, 0.3) is 5.91 Å². The standard InChI is InChI=1S/C27H23N7O2/c1-2-25(35)31-19-7-5-17(6-8-19)27(36)33-13-10-18(16-33)23-14-21-20(9-12-28-26(21)32-23)22-15-30-34-24(22)4-3-11-29-34/h2-9,11-12,14-15,18H,1,10,13,16H2,(H,28,32)(H,31,35). The minimum Gasteiger partial charge on any atom is -0.343 e. The summed E-state index contributed by atoms with van der Waals surface area (Å²) in [5.41, 5.74) is 6.07. The van der Waals surface area contributed by atoms with Gasteiger partial charge in [0.05, 0.1) is 11.7 Å². The summed E-state index contributed by atoms with van der Waals surface area (Å²) in [6.45, 7) is 4.74. The van der Waals surface area contributed by atoms with Crippen molar-refractivity contribution >= 4 is 34.1 Å². The van der Waals surface area contributed by atoms with E-state index in [-0.39, 0.29) is 17.7 Å². The number of likely N-dealkylation sites (tertiary alicyclic amines) is 1. The number of hydrogen-bond acceptors (Lipinski definition) is 5. The van der Waals surface area contributed by atoms with Gasteiger partial charge in [-0.25, -0.2) is 4.98 Å². The minimum absolute atomic E-state index is 0.0205. The molecule has 0 bridgehead atoms. The van der Waals surface area contributed by atoms with Gasteiger partial charge in [-0.2, -0.15) is 14.8 Å². The van der Waals surface area contributed by atoms with Crippen molar-refractivity contribution in [2.45, 2.75) is 12.3 Å². The van der Waals surface area contributed by atoms with Crippen molar-refractivity contribution < 1.29 is 9.59 Å². The van der Waals surface area contributed by atoms with Gasteiger partial charge in [-0.05, 0) is 66.6 Å². The van der Waals surface area contributed by atoms with Crippen molar-refractivity contribution in [3.8, 4) is 11.1 Å². The number of pyridine rings is 1. The first-order chi connectivity index (χ1) is 17.6. The molecule has 36 heavy (non-hydrogen) atoms. The Hall–Kier alpha value is -4.79. The van der Waals surface area contributed by atoms with Crippen molar-refractivity contribution in [2.75, 3.05) is 18.4 Å². The molecule has 4 aromatic heterocycles. The molecule has 9 heteroatoms. The molecule has 0 saturated carbocycles. The van der Waals surface area contributed by atoms with Crippen LogP contribution in [0.25, 0.3) is 27.7 Å². The molecule has 1 aliphatic rings. The van der Waals surface area contributed by atoms with Crippen LogP contribution in [0.15, 0.2) is 79.8 Å². The second-order valence-electron chi connectivity index (χ2n) is 8.81. The van der Waals surface area contributed by atoms with Crippen LogP contribution in [-0.4, -0.2) is 54.6 Å². The molecule has 6 rings (SSSR count). The van der Waals surface area contributed by atoms with Crippen molar-refractivity contribution in [3.63, 3.8) is 0 Å². The van der Waals surface area contributed by atoms with Gasteiger partial charge >= 0.3 is 0 Å². The second-order valence-corrected chi connectivity index (χ2v) is 8.81. The lowest BCUT2D eigenvalue weighted by atomic mass is 10.0. The van der Waals surface area contributed by atoms with Crippen molar-refractivity contribution in [1.29, 1.82) is 0 Å². The molecule has 0 radical (unpaired) electrons. The minimum atomic E-state index is -0.286. The number of nitrogens with zero attached hydrogens (tertiary/aromatic N) is 5. The number of aromatic amines is 1. The Morgan fingerprint density at radius 3 is 2.78 bits per heavy atom. The van der Waals surface area contributed by atoms with Gasteiger partial charge in [0, 0.05) is 59.3 Å². The highest BCUT2D eigenvalue weighted by Gasteiger charge is 2.29. The van der Waals surface area contributed by atoms with E-state index in [0.717, 1.165) is 39.8 Å². The molecule has 2 N–H and O–H groups in total. The molecule has 1 aliphatic heterocycles. The Balaban J connectivity index is 1.22. The number of carbonyl (C=O) groups excluding carboxylic acids is 2. The zero-order valence-electron chi connectivity index (χ0n) is 19.4. The Kier molecular flexibility index (Phi) is 5.29. The van der Waals surface area contributed by atoms with Crippen LogP contribution in [0.1, 0.15) is 28.4 Å². The molecule has 1 unspecified atom stereocenters. The van der Waals surface area contributed by atoms with Crippen molar-refractivity contribution in [3.05, 3.63) is 91.0 Å². The summed E-state index contributed by atoms with van der Waals surface area (Å²) in [7, 11) is 0. The zero-order valence-corrected chi connectivity index (χ0v) is 19.4. The number of H-pyrrole nitrogens is 1. The summed E-state index contributed by atoms with van der Waals surface area (Å²) >= 11 is 0. The number of amides is 2. The molecule has 1 aromatic carbocycles. The second kappa shape index (κ2) is 8.77. The Labute approximate surface area is 206 Å². The van der Waals surface area contributed by atoms with Crippen molar-refractivity contribution in [1.82, 2.24) is 29.7 Å². The van der Waals surface area contributed by atoms with Gasteiger partial charge in [0.15, 0.2) is 0 Å². The summed E-state index contributed by atoms with van der Waals surface area (Å²) in [5.74, 6) is -0.119. The van der Waals surface area contributed by atoms with E-state index in [2.05, 4.69) is 38.1 Å². The Morgan fingerprint density at radius 1 is 1.08 bits per heavy atom. The van der Waals surface area contributed by atoms with E-state index in [0.29, 0.717) is 24.3 Å². The molecule has 0 spiro atoms. The lowest BCUT2D eigenvalue weighted by Gasteiger charge is -2.16. The summed E-state index contributed by atoms with van der Waals surface area (Å²) in [5, 5.41) is 12.4. The van der Waals surface area contributed by atoms with Crippen LogP contribution >= 0.6 is 0 Å². The van der Waals surface area contributed by atoms with Gasteiger partial charge < -0.3 is 15.2 Å². The predicted octanol–water partition coefficient (Wildman–Crippen LogP) is 4.03. The van der Waals surface area contributed by atoms with Gasteiger partial charge in [-0.1, -0.05) is 6.58 Å². The monoisotopic (exact) mass is 477 g/mol. The van der Waals surface area contributed by atoms with Crippen LogP contribution < -0.4 is 5.32 Å². The number of rotatable bonds is 5. The average Bonchev–Trinajstić information content (AvgIpc) is 3.66. The molecule has 9 nitrogen and oxygen atoms in total. The molecule has 1 atom stereocenters. The van der Waals surface area contributed by atoms with E-state index in [4.69, 9.17) is 0 Å². The average molecular weight is 478 g/mol. The third-order valence-corrected chi connectivity index (χ3v) is 6.65. The number of benzene rings is 1. The number of anilines is 1. The highest BCUT2D eigenvalue weighted by molar-refractivity contribution is 6.00. The van der Waals surface area contributed by atoms with E-state index in [1.807, 2.05) is 29.3 Å². The first-order valence-electron chi connectivity index (χ1n) is 11.7. The van der Waals surface area contributed by atoms with E-state index < -0.39 is 0 Å². The number of carbonyl (C=O) groups is 2. The maximum atomic E-state index is 13.1. The third kappa shape index (κ3) is 3.80. The summed E-state index contributed by atoms with van der Waals surface area (Å²) < 4.78 is 1.62. The molecule has 1 saturated heterocycles. The quantitative estimate of drug-likeness (QED) is 0.372. The summed E-state index contributed by atoms with van der Waals surface area (Å²) in [4.78, 5) is 34.5. The third-order valence-electron chi connectivity index (χ3n) is 6.65. The zero-order chi connectivity index (χ0) is 24.6. The maximum absolute atomic E-state index is 13.1. The fraction of sp³-hybridized carbons (Fsp3) is 0.148. The molecule has 5 aromatic rings. The van der Waals surface area contributed by atoms with E-state index in [1.54, 1.807) is 41.3 Å². The molecular weight excluding hydrogens is 454 g/mol. The summed E-state index contributed by atoms with van der Waals surface area (Å²) in [6.07, 6.45) is 7.41. The van der Waals surface area contributed by atoms with Gasteiger partial charge in [-0.15, -0.1) is 0 Å². The maximum Gasteiger partial charge on any atom is 0.253 e. The van der Waals surface area contributed by atoms with Crippen LogP contribution in [0.3, 0.4) is 0 Å². The van der Waals surface area contributed by atoms with E-state index in [9.17, 15) is 9.59 Å². The van der Waals surface area contributed by atoms with Crippen LogP contribution in [-0.2, 0) is 4.79 Å². The van der Waals surface area contributed by atoms with Crippen LogP contribution in [0.2, 0.25) is 0 Å². The fourth-order valence-electron chi connectivity index (χ4n) is 4.81. The van der Waals surface area contributed by atoms with E-state index in [1.165, 1.54) is 6.08 Å². The molecule has 0 aliphatic carbocycles. The SMILES string of the molecule is C=CC(=O)Nc1ccc(C(=O)N2CCC(c3cc4c(-c5cnn6ncccc56)ccnc4[nH]3)C2)cc1. The van der Waals surface area contributed by atoms with Gasteiger partial charge in [0.1, 0.15) is 5.65 Å². The summed E-state index contributed by atoms with van der Waals surface area (Å²) in [6, 6.07) is 15.0. The number of aromatic nitrogens is 5. The lowest BCUT2D eigenvalue weighted by Crippen LogP contribution is -2.28. The lowest BCUT2D eigenvalue weighted by molar-refractivity contribution is -0.111. The number of nitrogens with one attached hydrogen (secondary N) is 2. The molecular formula is C27H23N7O2. The Morgan fingerprint density at radius 2 is 1.94 bits per heavy atom. The van der Waals surface area contributed by atoms with Crippen LogP contribution in [0, 0.1) is 0 Å². The van der Waals surface area contributed by atoms with Crippen LogP contribution in [0.4, 0.5) is 5.69 Å². The molecule has 178 valence electrons. The number of fused-ring (bicyclic) bond motifs is 2. The highest BCUT2D eigenvalue weighted by Crippen LogP contribution is 2.35. The van der Waals surface area contributed by atoms with E-state index >= 15 is 0 Å². The highest BCUT2D eigenvalue weighted by atomic mass is 16.2. The molecule has 1 fully saturated rings. The largest absolute Gasteiger partial charge is 0.343 e. The molecule has 5 heterocycles. The normalized spacial score (nSPS) is 15.4. The smallest absolute Gasteiger partial charge is 0.253 e. The van der Waals surface area contributed by atoms with Gasteiger partial charge in [0.2, 0.25) is 5.91 Å².